The average Bonchev–Trinajstić information content (AvgIpc) is 2.96. The first-order valence-electron chi connectivity index (χ1n) is 11.0. The highest BCUT2D eigenvalue weighted by Crippen LogP contribution is 2.42. The highest BCUT2D eigenvalue weighted by atomic mass is 15.1. The molecular formula is C26H57N. The van der Waals surface area contributed by atoms with E-state index < -0.39 is 0 Å². The fourth-order valence-electron chi connectivity index (χ4n) is 4.51. The van der Waals surface area contributed by atoms with E-state index in [0.717, 1.165) is 11.8 Å². The number of hydrogen-bond donors (Lipinski definition) is 0. The third-order valence-corrected chi connectivity index (χ3v) is 7.35. The van der Waals surface area contributed by atoms with E-state index in [4.69, 9.17) is 0 Å². The molecule has 0 aromatic heterocycles. The Balaban J connectivity index is 0. The molecule has 0 aromatic rings. The summed E-state index contributed by atoms with van der Waals surface area (Å²) in [6, 6.07) is 0. The standard InChI is InChI=1S/C8H17N.2C8H16.2CH4/c1-8(2)4-6-9(3)7-5-8;1-7-4-5-8(2,3)6-7;1-7-5-4-6-8(7,2)3;;/h4-7H2,1-3H3;2*7H,4-6H2,1-3H3;2*1H4. The highest BCUT2D eigenvalue weighted by Gasteiger charge is 2.30. The van der Waals surface area contributed by atoms with Crippen molar-refractivity contribution >= 4 is 0 Å². The van der Waals surface area contributed by atoms with E-state index in [9.17, 15) is 0 Å². The van der Waals surface area contributed by atoms with Crippen molar-refractivity contribution in [3.63, 3.8) is 0 Å². The molecule has 0 bridgehead atoms. The maximum Gasteiger partial charge on any atom is -0.00167 e. The minimum atomic E-state index is 0. The van der Waals surface area contributed by atoms with Gasteiger partial charge in [0.25, 0.3) is 0 Å². The van der Waals surface area contributed by atoms with Gasteiger partial charge in [-0.15, -0.1) is 0 Å². The lowest BCUT2D eigenvalue weighted by molar-refractivity contribution is 0.157. The lowest BCUT2D eigenvalue weighted by Crippen LogP contribution is -2.34. The predicted molar refractivity (Wildman–Crippen MR) is 128 cm³/mol. The smallest absolute Gasteiger partial charge is 0.00167 e. The van der Waals surface area contributed by atoms with Gasteiger partial charge in [-0.2, -0.15) is 0 Å². The van der Waals surface area contributed by atoms with E-state index in [1.165, 1.54) is 64.5 Å². The largest absolute Gasteiger partial charge is 0.306 e. The molecule has 1 nitrogen and oxygen atoms in total. The van der Waals surface area contributed by atoms with Crippen molar-refractivity contribution in [1.29, 1.82) is 0 Å². The minimum Gasteiger partial charge on any atom is -0.306 e. The SMILES string of the molecule is C.C.CC1CCC(C)(C)C1.CC1CCCC1(C)C.CN1CCC(C)(C)CC1. The lowest BCUT2D eigenvalue weighted by atomic mass is 9.83. The van der Waals surface area contributed by atoms with Gasteiger partial charge in [0.05, 0.1) is 0 Å². The van der Waals surface area contributed by atoms with E-state index in [-0.39, 0.29) is 14.9 Å². The van der Waals surface area contributed by atoms with Crippen LogP contribution < -0.4 is 0 Å². The summed E-state index contributed by atoms with van der Waals surface area (Å²) in [5.74, 6) is 1.95. The molecule has 1 saturated heterocycles. The Morgan fingerprint density at radius 1 is 0.704 bits per heavy atom. The van der Waals surface area contributed by atoms with Gasteiger partial charge in [-0.25, -0.2) is 0 Å². The highest BCUT2D eigenvalue weighted by molar-refractivity contribution is 4.81. The number of hydrogen-bond acceptors (Lipinski definition) is 1. The van der Waals surface area contributed by atoms with Crippen LogP contribution in [0.15, 0.2) is 0 Å². The van der Waals surface area contributed by atoms with Crippen LogP contribution in [0.1, 0.15) is 122 Å². The molecule has 0 amide bonds. The van der Waals surface area contributed by atoms with Crippen molar-refractivity contribution in [2.45, 2.75) is 122 Å². The molecule has 0 radical (unpaired) electrons. The second-order valence-corrected chi connectivity index (χ2v) is 11.8. The van der Waals surface area contributed by atoms with Gasteiger partial charge in [0, 0.05) is 0 Å². The molecular weight excluding hydrogens is 326 g/mol. The molecule has 3 rings (SSSR count). The third-order valence-electron chi connectivity index (χ3n) is 7.35. The second-order valence-electron chi connectivity index (χ2n) is 11.8. The average molecular weight is 384 g/mol. The molecule has 2 atom stereocenters. The Morgan fingerprint density at radius 2 is 1.22 bits per heavy atom. The molecule has 1 heterocycles. The zero-order valence-electron chi connectivity index (χ0n) is 19.2. The van der Waals surface area contributed by atoms with Gasteiger partial charge < -0.3 is 4.90 Å². The van der Waals surface area contributed by atoms with Crippen molar-refractivity contribution in [2.24, 2.45) is 28.1 Å². The molecule has 27 heavy (non-hydrogen) atoms. The van der Waals surface area contributed by atoms with Gasteiger partial charge in [-0.3, -0.25) is 0 Å². The molecule has 1 aliphatic heterocycles. The zero-order valence-corrected chi connectivity index (χ0v) is 19.2. The van der Waals surface area contributed by atoms with Crippen LogP contribution in [0.3, 0.4) is 0 Å². The van der Waals surface area contributed by atoms with Crippen molar-refractivity contribution < 1.29 is 0 Å². The molecule has 0 spiro atoms. The van der Waals surface area contributed by atoms with Crippen molar-refractivity contribution in [3.8, 4) is 0 Å². The molecule has 2 aliphatic carbocycles. The predicted octanol–water partition coefficient (Wildman–Crippen LogP) is 8.68. The maximum atomic E-state index is 2.41. The second kappa shape index (κ2) is 11.8. The molecule has 0 N–H and O–H groups in total. The summed E-state index contributed by atoms with van der Waals surface area (Å²) in [7, 11) is 2.20. The van der Waals surface area contributed by atoms with Crippen LogP contribution in [-0.4, -0.2) is 25.0 Å². The van der Waals surface area contributed by atoms with Gasteiger partial charge in [-0.1, -0.05) is 89.5 Å². The Bertz CT molecular complexity index is 370. The van der Waals surface area contributed by atoms with E-state index >= 15 is 0 Å². The number of piperidine rings is 1. The van der Waals surface area contributed by atoms with Crippen LogP contribution in [0.5, 0.6) is 0 Å². The normalized spacial score (nSPS) is 30.6. The van der Waals surface area contributed by atoms with E-state index in [1.54, 1.807) is 0 Å². The van der Waals surface area contributed by atoms with Crippen LogP contribution in [0.25, 0.3) is 0 Å². The molecule has 1 heteroatoms. The maximum absolute atomic E-state index is 2.41. The fourth-order valence-corrected chi connectivity index (χ4v) is 4.51. The molecule has 0 aromatic carbocycles. The summed E-state index contributed by atoms with van der Waals surface area (Å²) in [6.07, 6.45) is 11.4. The van der Waals surface area contributed by atoms with Crippen LogP contribution >= 0.6 is 0 Å². The van der Waals surface area contributed by atoms with Crippen LogP contribution in [0, 0.1) is 28.1 Å². The van der Waals surface area contributed by atoms with E-state index in [2.05, 4.69) is 67.3 Å². The molecule has 3 fully saturated rings. The van der Waals surface area contributed by atoms with Crippen LogP contribution in [0.2, 0.25) is 0 Å². The summed E-state index contributed by atoms with van der Waals surface area (Å²) >= 11 is 0. The van der Waals surface area contributed by atoms with Crippen molar-refractivity contribution in [1.82, 2.24) is 4.90 Å². The molecule has 3 aliphatic rings. The third kappa shape index (κ3) is 11.5. The summed E-state index contributed by atoms with van der Waals surface area (Å²) in [5.41, 5.74) is 1.94. The Labute approximate surface area is 175 Å². The zero-order chi connectivity index (χ0) is 19.3. The van der Waals surface area contributed by atoms with Gasteiger partial charge >= 0.3 is 0 Å². The van der Waals surface area contributed by atoms with Gasteiger partial charge in [0.1, 0.15) is 0 Å². The van der Waals surface area contributed by atoms with Gasteiger partial charge in [-0.05, 0) is 80.3 Å². The van der Waals surface area contributed by atoms with Gasteiger partial charge in [0.15, 0.2) is 0 Å². The molecule has 2 unspecified atom stereocenters. The van der Waals surface area contributed by atoms with Crippen molar-refractivity contribution in [2.75, 3.05) is 20.1 Å². The Morgan fingerprint density at radius 3 is 1.41 bits per heavy atom. The Kier molecular flexibility index (Phi) is 12.8. The Hall–Kier alpha value is -0.0400. The van der Waals surface area contributed by atoms with Crippen molar-refractivity contribution in [3.05, 3.63) is 0 Å². The first kappa shape index (κ1) is 29.2. The molecule has 2 saturated carbocycles. The fraction of sp³-hybridized carbons (Fsp3) is 1.00. The number of rotatable bonds is 0. The van der Waals surface area contributed by atoms with Gasteiger partial charge in [0.2, 0.25) is 0 Å². The topological polar surface area (TPSA) is 3.24 Å². The summed E-state index contributed by atoms with van der Waals surface area (Å²) in [5, 5.41) is 0. The minimum absolute atomic E-state index is 0. The first-order valence-corrected chi connectivity index (χ1v) is 11.0. The summed E-state index contributed by atoms with van der Waals surface area (Å²) in [6.45, 7) is 21.5. The summed E-state index contributed by atoms with van der Waals surface area (Å²) in [4.78, 5) is 2.41. The summed E-state index contributed by atoms with van der Waals surface area (Å²) < 4.78 is 0. The monoisotopic (exact) mass is 383 g/mol. The first-order chi connectivity index (χ1) is 11.3. The quantitative estimate of drug-likeness (QED) is 0.404. The number of nitrogens with zero attached hydrogens (tertiary/aromatic N) is 1. The lowest BCUT2D eigenvalue weighted by Gasteiger charge is -2.34. The van der Waals surface area contributed by atoms with Crippen LogP contribution in [-0.2, 0) is 0 Å². The van der Waals surface area contributed by atoms with E-state index in [1.807, 2.05) is 0 Å². The van der Waals surface area contributed by atoms with Crippen LogP contribution in [0.4, 0.5) is 0 Å². The number of likely N-dealkylation sites (tertiary alicyclic amines) is 1. The molecule has 166 valence electrons. The van der Waals surface area contributed by atoms with E-state index in [0.29, 0.717) is 16.2 Å².